The largest absolute Gasteiger partial charge is 0.339 e. The normalized spacial score (nSPS) is 18.7. The van der Waals surface area contributed by atoms with E-state index < -0.39 is 0 Å². The van der Waals surface area contributed by atoms with Crippen LogP contribution in [0.3, 0.4) is 0 Å². The van der Waals surface area contributed by atoms with Gasteiger partial charge >= 0.3 is 0 Å². The van der Waals surface area contributed by atoms with Crippen molar-refractivity contribution >= 4 is 11.8 Å². The van der Waals surface area contributed by atoms with Crippen molar-refractivity contribution in [2.24, 2.45) is 17.1 Å². The van der Waals surface area contributed by atoms with E-state index in [4.69, 9.17) is 5.73 Å². The molecule has 5 heteroatoms. The highest BCUT2D eigenvalue weighted by Gasteiger charge is 2.31. The third kappa shape index (κ3) is 3.45. The summed E-state index contributed by atoms with van der Waals surface area (Å²) in [5.41, 5.74) is 5.15. The number of hydrogen-bond acceptors (Lipinski definition) is 3. The maximum atomic E-state index is 12.1. The third-order valence-corrected chi connectivity index (χ3v) is 3.30. The summed E-state index contributed by atoms with van der Waals surface area (Å²) in [4.78, 5) is 27.7. The van der Waals surface area contributed by atoms with Gasteiger partial charge in [0.05, 0.1) is 0 Å². The lowest BCUT2D eigenvalue weighted by atomic mass is 9.94. The zero-order valence-electron chi connectivity index (χ0n) is 11.9. The highest BCUT2D eigenvalue weighted by molar-refractivity contribution is 5.82. The summed E-state index contributed by atoms with van der Waals surface area (Å²) in [6.45, 7) is 10.5. The Bertz CT molecular complexity index is 315. The lowest BCUT2D eigenvalue weighted by Gasteiger charge is -2.38. The van der Waals surface area contributed by atoms with Crippen molar-refractivity contribution in [2.45, 2.75) is 27.7 Å². The predicted octanol–water partition coefficient (Wildman–Crippen LogP) is 0.298. The number of hydrogen-bond donors (Lipinski definition) is 1. The molecule has 0 aromatic heterocycles. The highest BCUT2D eigenvalue weighted by atomic mass is 16.2. The Labute approximate surface area is 109 Å². The van der Waals surface area contributed by atoms with Crippen molar-refractivity contribution in [3.63, 3.8) is 0 Å². The Morgan fingerprint density at radius 2 is 1.56 bits per heavy atom. The minimum atomic E-state index is -0.350. The van der Waals surface area contributed by atoms with Crippen molar-refractivity contribution in [1.82, 2.24) is 9.80 Å². The summed E-state index contributed by atoms with van der Waals surface area (Å²) in [7, 11) is 0. The zero-order chi connectivity index (χ0) is 13.9. The van der Waals surface area contributed by atoms with Crippen LogP contribution in [0.2, 0.25) is 0 Å². The molecule has 1 aliphatic heterocycles. The predicted molar refractivity (Wildman–Crippen MR) is 70.8 cm³/mol. The average molecular weight is 255 g/mol. The molecule has 0 aromatic rings. The van der Waals surface area contributed by atoms with Crippen LogP contribution in [0.15, 0.2) is 0 Å². The first-order valence-electron chi connectivity index (χ1n) is 6.55. The third-order valence-electron chi connectivity index (χ3n) is 3.30. The molecular weight excluding hydrogens is 230 g/mol. The summed E-state index contributed by atoms with van der Waals surface area (Å²) >= 11 is 0. The van der Waals surface area contributed by atoms with Crippen LogP contribution in [0.5, 0.6) is 0 Å². The molecule has 2 N–H and O–H groups in total. The fourth-order valence-electron chi connectivity index (χ4n) is 2.02. The number of carbonyl (C=O) groups is 2. The van der Waals surface area contributed by atoms with E-state index in [1.165, 1.54) is 0 Å². The van der Waals surface area contributed by atoms with Crippen molar-refractivity contribution < 1.29 is 9.59 Å². The number of nitrogens with two attached hydrogens (primary N) is 1. The monoisotopic (exact) mass is 255 g/mol. The minimum Gasteiger partial charge on any atom is -0.339 e. The van der Waals surface area contributed by atoms with Crippen molar-refractivity contribution in [3.05, 3.63) is 0 Å². The smallest absolute Gasteiger partial charge is 0.228 e. The standard InChI is InChI=1S/C13H25N3O2/c1-10(9-14)11(17)15-5-7-16(8-6-15)12(18)13(2,3)4/h10H,5-9,14H2,1-4H3. The van der Waals surface area contributed by atoms with E-state index in [0.29, 0.717) is 32.7 Å². The summed E-state index contributed by atoms with van der Waals surface area (Å²) < 4.78 is 0. The van der Waals surface area contributed by atoms with Crippen molar-refractivity contribution in [3.8, 4) is 0 Å². The van der Waals surface area contributed by atoms with Crippen LogP contribution < -0.4 is 5.73 Å². The number of rotatable bonds is 2. The Morgan fingerprint density at radius 1 is 1.11 bits per heavy atom. The van der Waals surface area contributed by atoms with Crippen LogP contribution in [-0.2, 0) is 9.59 Å². The number of amides is 2. The van der Waals surface area contributed by atoms with Gasteiger partial charge in [0.1, 0.15) is 0 Å². The Balaban J connectivity index is 2.51. The van der Waals surface area contributed by atoms with E-state index >= 15 is 0 Å². The molecule has 0 radical (unpaired) electrons. The molecule has 1 unspecified atom stereocenters. The van der Waals surface area contributed by atoms with Crippen molar-refractivity contribution in [2.75, 3.05) is 32.7 Å². The van der Waals surface area contributed by atoms with Gasteiger partial charge in [-0.2, -0.15) is 0 Å². The first kappa shape index (κ1) is 15.0. The van der Waals surface area contributed by atoms with Gasteiger partial charge in [-0.25, -0.2) is 0 Å². The maximum Gasteiger partial charge on any atom is 0.228 e. The van der Waals surface area contributed by atoms with Crippen molar-refractivity contribution in [1.29, 1.82) is 0 Å². The number of piperazine rings is 1. The van der Waals surface area contributed by atoms with Crippen LogP contribution >= 0.6 is 0 Å². The SMILES string of the molecule is CC(CN)C(=O)N1CCN(C(=O)C(C)(C)C)CC1. The minimum absolute atomic E-state index is 0.0976. The Hall–Kier alpha value is -1.10. The molecule has 1 rings (SSSR count). The van der Waals surface area contributed by atoms with Crippen LogP contribution in [0.4, 0.5) is 0 Å². The number of nitrogens with zero attached hydrogens (tertiary/aromatic N) is 2. The van der Waals surface area contributed by atoms with Crippen LogP contribution in [0, 0.1) is 11.3 Å². The molecule has 2 amide bonds. The molecule has 104 valence electrons. The van der Waals surface area contributed by atoms with Crippen LogP contribution in [0.1, 0.15) is 27.7 Å². The second-order valence-electron chi connectivity index (χ2n) is 6.00. The second-order valence-corrected chi connectivity index (χ2v) is 6.00. The van der Waals surface area contributed by atoms with E-state index in [-0.39, 0.29) is 23.1 Å². The molecule has 18 heavy (non-hydrogen) atoms. The Morgan fingerprint density at radius 3 is 1.94 bits per heavy atom. The van der Waals surface area contributed by atoms with Crippen LogP contribution in [-0.4, -0.2) is 54.3 Å². The van der Waals surface area contributed by atoms with Gasteiger partial charge in [-0.3, -0.25) is 9.59 Å². The quantitative estimate of drug-likeness (QED) is 0.771. The van der Waals surface area contributed by atoms with E-state index in [2.05, 4.69) is 0 Å². The maximum absolute atomic E-state index is 12.1. The summed E-state index contributed by atoms with van der Waals surface area (Å²) in [5, 5.41) is 0. The molecule has 0 saturated carbocycles. The summed E-state index contributed by atoms with van der Waals surface area (Å²) in [6, 6.07) is 0. The van der Waals surface area contributed by atoms with E-state index in [9.17, 15) is 9.59 Å². The lowest BCUT2D eigenvalue weighted by molar-refractivity contribution is -0.146. The molecule has 0 aromatic carbocycles. The number of carbonyl (C=O) groups excluding carboxylic acids is 2. The first-order chi connectivity index (χ1) is 8.27. The fraction of sp³-hybridized carbons (Fsp3) is 0.846. The molecule has 1 atom stereocenters. The average Bonchev–Trinajstić information content (AvgIpc) is 2.35. The first-order valence-corrected chi connectivity index (χ1v) is 6.55. The van der Waals surface area contributed by atoms with Gasteiger partial charge in [0.15, 0.2) is 0 Å². The van der Waals surface area contributed by atoms with Gasteiger partial charge in [0.2, 0.25) is 11.8 Å². The second kappa shape index (κ2) is 5.69. The molecule has 1 heterocycles. The molecule has 0 aliphatic carbocycles. The highest BCUT2D eigenvalue weighted by Crippen LogP contribution is 2.19. The molecule has 1 fully saturated rings. The molecule has 1 saturated heterocycles. The summed E-state index contributed by atoms with van der Waals surface area (Å²) in [5.74, 6) is 0.122. The van der Waals surface area contributed by atoms with E-state index in [1.54, 1.807) is 0 Å². The van der Waals surface area contributed by atoms with Gasteiger partial charge in [0.25, 0.3) is 0 Å². The zero-order valence-corrected chi connectivity index (χ0v) is 11.9. The Kier molecular flexibility index (Phi) is 4.73. The molecule has 1 aliphatic rings. The van der Waals surface area contributed by atoms with Gasteiger partial charge in [-0.05, 0) is 0 Å². The summed E-state index contributed by atoms with van der Waals surface area (Å²) in [6.07, 6.45) is 0. The van der Waals surface area contributed by atoms with Crippen LogP contribution in [0.25, 0.3) is 0 Å². The van der Waals surface area contributed by atoms with Gasteiger partial charge in [-0.1, -0.05) is 27.7 Å². The van der Waals surface area contributed by atoms with Gasteiger partial charge in [-0.15, -0.1) is 0 Å². The molecule has 0 bridgehead atoms. The molecule has 0 spiro atoms. The van der Waals surface area contributed by atoms with E-state index in [0.717, 1.165) is 0 Å². The van der Waals surface area contributed by atoms with E-state index in [1.807, 2.05) is 37.5 Å². The molecule has 5 nitrogen and oxygen atoms in total. The topological polar surface area (TPSA) is 66.6 Å². The molecular formula is C13H25N3O2. The fourth-order valence-corrected chi connectivity index (χ4v) is 2.02. The van der Waals surface area contributed by atoms with Gasteiger partial charge in [0, 0.05) is 44.1 Å². The lowest BCUT2D eigenvalue weighted by Crippen LogP contribution is -2.54. The van der Waals surface area contributed by atoms with Gasteiger partial charge < -0.3 is 15.5 Å².